The first-order valence-electron chi connectivity index (χ1n) is 7.48. The predicted octanol–water partition coefficient (Wildman–Crippen LogP) is 3.62. The van der Waals surface area contributed by atoms with Crippen LogP contribution in [-0.4, -0.2) is 15.9 Å². The van der Waals surface area contributed by atoms with Gasteiger partial charge in [0.05, 0.1) is 11.8 Å². The van der Waals surface area contributed by atoms with E-state index in [-0.39, 0.29) is 23.7 Å². The number of carbonyl (C=O) groups is 1. The van der Waals surface area contributed by atoms with E-state index in [9.17, 15) is 18.0 Å². The second kappa shape index (κ2) is 7.64. The maximum absolute atomic E-state index is 13.7. The van der Waals surface area contributed by atoms with Crippen LogP contribution in [0.2, 0.25) is 0 Å². The number of benzene rings is 1. The van der Waals surface area contributed by atoms with Crippen LogP contribution in [-0.2, 0) is 6.54 Å². The van der Waals surface area contributed by atoms with E-state index in [0.717, 1.165) is 24.4 Å². The van der Waals surface area contributed by atoms with Crippen LogP contribution >= 0.6 is 0 Å². The first kappa shape index (κ1) is 17.4. The van der Waals surface area contributed by atoms with Crippen molar-refractivity contribution in [3.8, 4) is 11.6 Å². The summed E-state index contributed by atoms with van der Waals surface area (Å²) in [5.41, 5.74) is 0.509. The minimum absolute atomic E-state index is 0.00132. The van der Waals surface area contributed by atoms with Crippen LogP contribution < -0.4 is 10.1 Å². The highest BCUT2D eigenvalue weighted by Gasteiger charge is 2.12. The molecule has 2 aromatic heterocycles. The molecule has 1 aromatic carbocycles. The number of aromatic nitrogens is 2. The fourth-order valence-corrected chi connectivity index (χ4v) is 2.13. The Kier molecular flexibility index (Phi) is 5.12. The third-order valence-corrected chi connectivity index (χ3v) is 3.36. The summed E-state index contributed by atoms with van der Waals surface area (Å²) in [5, 5.41) is 2.57. The molecule has 0 bridgehead atoms. The van der Waals surface area contributed by atoms with Crippen LogP contribution in [0.3, 0.4) is 0 Å². The van der Waals surface area contributed by atoms with Gasteiger partial charge in [0.2, 0.25) is 5.88 Å². The minimum atomic E-state index is -0.878. The average Bonchev–Trinajstić information content (AvgIpc) is 2.63. The van der Waals surface area contributed by atoms with Crippen LogP contribution in [0.4, 0.5) is 13.2 Å². The molecule has 0 fully saturated rings. The van der Waals surface area contributed by atoms with Crippen LogP contribution in [0.15, 0.2) is 55.0 Å². The van der Waals surface area contributed by atoms with Gasteiger partial charge in [-0.3, -0.25) is 9.78 Å². The zero-order valence-electron chi connectivity index (χ0n) is 13.2. The molecule has 1 N–H and O–H groups in total. The molecule has 3 rings (SSSR count). The van der Waals surface area contributed by atoms with Gasteiger partial charge in [0, 0.05) is 30.6 Å². The van der Waals surface area contributed by atoms with Gasteiger partial charge in [-0.15, -0.1) is 0 Å². The summed E-state index contributed by atoms with van der Waals surface area (Å²) >= 11 is 0. The summed E-state index contributed by atoms with van der Waals surface area (Å²) in [4.78, 5) is 19.7. The third kappa shape index (κ3) is 4.15. The number of ether oxygens (including phenoxy) is 1. The van der Waals surface area contributed by atoms with Crippen molar-refractivity contribution in [3.63, 3.8) is 0 Å². The van der Waals surface area contributed by atoms with E-state index < -0.39 is 23.4 Å². The van der Waals surface area contributed by atoms with Crippen molar-refractivity contribution in [2.45, 2.75) is 6.54 Å². The highest BCUT2D eigenvalue weighted by atomic mass is 19.1. The molecule has 8 heteroatoms. The molecule has 0 saturated heterocycles. The molecular formula is C18H12F3N3O2. The zero-order valence-corrected chi connectivity index (χ0v) is 13.2. The Morgan fingerprint density at radius 1 is 1.08 bits per heavy atom. The van der Waals surface area contributed by atoms with E-state index in [4.69, 9.17) is 4.74 Å². The largest absolute Gasteiger partial charge is 0.436 e. The topological polar surface area (TPSA) is 64.1 Å². The van der Waals surface area contributed by atoms with E-state index in [2.05, 4.69) is 15.3 Å². The fourth-order valence-electron chi connectivity index (χ4n) is 2.13. The molecule has 1 amide bonds. The van der Waals surface area contributed by atoms with Gasteiger partial charge in [0.25, 0.3) is 5.91 Å². The zero-order chi connectivity index (χ0) is 18.5. The van der Waals surface area contributed by atoms with Gasteiger partial charge in [-0.2, -0.15) is 0 Å². The molecule has 0 saturated carbocycles. The lowest BCUT2D eigenvalue weighted by Crippen LogP contribution is -2.23. The van der Waals surface area contributed by atoms with Crippen molar-refractivity contribution in [3.05, 3.63) is 83.6 Å². The molecular weight excluding hydrogens is 347 g/mol. The Morgan fingerprint density at radius 2 is 1.92 bits per heavy atom. The standard InChI is InChI=1S/C18H12F3N3O2/c19-13-3-4-16(15(21)7-13)26-18-11(2-1-5-23-18)9-24-17(25)12-6-14(20)10-22-8-12/h1-8,10H,9H2,(H,24,25). The smallest absolute Gasteiger partial charge is 0.253 e. The highest BCUT2D eigenvalue weighted by molar-refractivity contribution is 5.93. The molecule has 0 aliphatic heterocycles. The molecule has 0 aliphatic carbocycles. The summed E-state index contributed by atoms with van der Waals surface area (Å²) in [7, 11) is 0. The molecule has 0 radical (unpaired) electrons. The molecule has 0 atom stereocenters. The van der Waals surface area contributed by atoms with Crippen LogP contribution in [0.5, 0.6) is 11.6 Å². The molecule has 0 unspecified atom stereocenters. The van der Waals surface area contributed by atoms with Crippen LogP contribution in [0, 0.1) is 17.5 Å². The number of hydrogen-bond acceptors (Lipinski definition) is 4. The van der Waals surface area contributed by atoms with Crippen molar-refractivity contribution in [2.24, 2.45) is 0 Å². The quantitative estimate of drug-likeness (QED) is 0.756. The number of rotatable bonds is 5. The number of pyridine rings is 2. The number of amides is 1. The molecule has 3 aromatic rings. The maximum atomic E-state index is 13.7. The second-order valence-electron chi connectivity index (χ2n) is 5.22. The number of halogens is 3. The van der Waals surface area contributed by atoms with Crippen molar-refractivity contribution < 1.29 is 22.7 Å². The highest BCUT2D eigenvalue weighted by Crippen LogP contribution is 2.26. The van der Waals surface area contributed by atoms with Crippen LogP contribution in [0.1, 0.15) is 15.9 Å². The van der Waals surface area contributed by atoms with Gasteiger partial charge < -0.3 is 10.1 Å². The fraction of sp³-hybridized carbons (Fsp3) is 0.0556. The van der Waals surface area contributed by atoms with Gasteiger partial charge in [-0.05, 0) is 24.3 Å². The summed E-state index contributed by atoms with van der Waals surface area (Å²) in [6, 6.07) is 7.17. The first-order chi connectivity index (χ1) is 12.5. The lowest BCUT2D eigenvalue weighted by atomic mass is 10.2. The normalized spacial score (nSPS) is 10.4. The van der Waals surface area contributed by atoms with E-state index in [1.165, 1.54) is 12.4 Å². The Labute approximate surface area is 146 Å². The molecule has 0 spiro atoms. The van der Waals surface area contributed by atoms with Crippen molar-refractivity contribution in [1.82, 2.24) is 15.3 Å². The van der Waals surface area contributed by atoms with E-state index in [1.807, 2.05) is 0 Å². The Morgan fingerprint density at radius 3 is 2.69 bits per heavy atom. The van der Waals surface area contributed by atoms with E-state index >= 15 is 0 Å². The van der Waals surface area contributed by atoms with Crippen molar-refractivity contribution in [1.29, 1.82) is 0 Å². The number of hydrogen-bond donors (Lipinski definition) is 1. The molecule has 26 heavy (non-hydrogen) atoms. The van der Waals surface area contributed by atoms with Gasteiger partial charge in [0.1, 0.15) is 11.6 Å². The van der Waals surface area contributed by atoms with E-state index in [0.29, 0.717) is 11.6 Å². The lowest BCUT2D eigenvalue weighted by molar-refractivity contribution is 0.0950. The van der Waals surface area contributed by atoms with Gasteiger partial charge >= 0.3 is 0 Å². The van der Waals surface area contributed by atoms with Crippen molar-refractivity contribution in [2.75, 3.05) is 0 Å². The number of nitrogens with zero attached hydrogens (tertiary/aromatic N) is 2. The third-order valence-electron chi connectivity index (χ3n) is 3.36. The molecule has 5 nitrogen and oxygen atoms in total. The SMILES string of the molecule is O=C(NCc1cccnc1Oc1ccc(F)cc1F)c1cncc(F)c1. The molecule has 2 heterocycles. The maximum Gasteiger partial charge on any atom is 0.253 e. The summed E-state index contributed by atoms with van der Waals surface area (Å²) < 4.78 is 45.2. The Balaban J connectivity index is 1.74. The first-order valence-corrected chi connectivity index (χ1v) is 7.48. The Hall–Kier alpha value is -3.42. The minimum Gasteiger partial charge on any atom is -0.436 e. The second-order valence-corrected chi connectivity index (χ2v) is 5.22. The van der Waals surface area contributed by atoms with Crippen molar-refractivity contribution >= 4 is 5.91 Å². The number of carbonyl (C=O) groups excluding carboxylic acids is 1. The van der Waals surface area contributed by atoms with Gasteiger partial charge in [-0.1, -0.05) is 6.07 Å². The Bertz CT molecular complexity index is 950. The van der Waals surface area contributed by atoms with Crippen LogP contribution in [0.25, 0.3) is 0 Å². The van der Waals surface area contributed by atoms with Gasteiger partial charge in [0.15, 0.2) is 11.6 Å². The summed E-state index contributed by atoms with van der Waals surface area (Å²) in [6.07, 6.45) is 3.65. The lowest BCUT2D eigenvalue weighted by Gasteiger charge is -2.11. The average molecular weight is 359 g/mol. The summed E-state index contributed by atoms with van der Waals surface area (Å²) in [6.45, 7) is 0.00132. The van der Waals surface area contributed by atoms with E-state index in [1.54, 1.807) is 12.1 Å². The number of nitrogens with one attached hydrogen (secondary N) is 1. The molecule has 132 valence electrons. The predicted molar refractivity (Wildman–Crippen MR) is 86.0 cm³/mol. The summed E-state index contributed by atoms with van der Waals surface area (Å²) in [5.74, 6) is -2.93. The molecule has 0 aliphatic rings. The van der Waals surface area contributed by atoms with Gasteiger partial charge in [-0.25, -0.2) is 18.2 Å². The monoisotopic (exact) mass is 359 g/mol.